The highest BCUT2D eigenvalue weighted by Crippen LogP contribution is 2.25. The maximum atomic E-state index is 6.05. The predicted octanol–water partition coefficient (Wildman–Crippen LogP) is 3.36. The monoisotopic (exact) mass is 316 g/mol. The first kappa shape index (κ1) is 16.1. The lowest BCUT2D eigenvalue weighted by Crippen LogP contribution is -2.46. The number of nitrogens with one attached hydrogen (secondary N) is 1. The minimum Gasteiger partial charge on any atom is -0.374 e. The van der Waals surface area contributed by atoms with Crippen LogP contribution in [0.2, 0.25) is 10.0 Å². The molecule has 0 aliphatic carbocycles. The summed E-state index contributed by atoms with van der Waals surface area (Å²) in [5, 5.41) is 4.70. The molecule has 112 valence electrons. The van der Waals surface area contributed by atoms with Gasteiger partial charge in [-0.15, -0.1) is 0 Å². The summed E-state index contributed by atoms with van der Waals surface area (Å²) in [6.45, 7) is 9.10. The van der Waals surface area contributed by atoms with Crippen LogP contribution in [0.1, 0.15) is 25.5 Å². The first-order valence-corrected chi connectivity index (χ1v) is 7.88. The average molecular weight is 317 g/mol. The second-order valence-electron chi connectivity index (χ2n) is 5.19. The molecule has 1 aromatic rings. The topological polar surface area (TPSA) is 24.5 Å². The first-order chi connectivity index (χ1) is 9.60. The van der Waals surface area contributed by atoms with Gasteiger partial charge in [-0.25, -0.2) is 0 Å². The molecular formula is C15H22Cl2N2O. The fraction of sp³-hybridized carbons (Fsp3) is 0.600. The molecule has 1 aliphatic rings. The van der Waals surface area contributed by atoms with Crippen molar-refractivity contribution in [2.45, 2.75) is 26.0 Å². The van der Waals surface area contributed by atoms with Crippen LogP contribution in [0.3, 0.4) is 0 Å². The summed E-state index contributed by atoms with van der Waals surface area (Å²) in [7, 11) is 0. The number of halogens is 2. The average Bonchev–Trinajstić information content (AvgIpc) is 2.47. The van der Waals surface area contributed by atoms with Crippen molar-refractivity contribution in [2.24, 2.45) is 0 Å². The Hall–Kier alpha value is -0.320. The lowest BCUT2D eigenvalue weighted by Gasteiger charge is -2.32. The summed E-state index contributed by atoms with van der Waals surface area (Å²) in [6, 6.07) is 5.99. The van der Waals surface area contributed by atoms with Gasteiger partial charge in [-0.3, -0.25) is 4.90 Å². The number of hydrogen-bond acceptors (Lipinski definition) is 3. The molecule has 3 nitrogen and oxygen atoms in total. The van der Waals surface area contributed by atoms with Gasteiger partial charge in [-0.2, -0.15) is 0 Å². The minimum atomic E-state index is 0.227. The van der Waals surface area contributed by atoms with Crippen molar-refractivity contribution in [3.8, 4) is 0 Å². The molecule has 0 radical (unpaired) electrons. The first-order valence-electron chi connectivity index (χ1n) is 7.12. The van der Waals surface area contributed by atoms with Gasteiger partial charge in [0.2, 0.25) is 0 Å². The van der Waals surface area contributed by atoms with E-state index >= 15 is 0 Å². The van der Waals surface area contributed by atoms with Crippen molar-refractivity contribution in [2.75, 3.05) is 32.8 Å². The molecule has 1 aliphatic heterocycles. The Morgan fingerprint density at radius 2 is 2.20 bits per heavy atom. The third kappa shape index (κ3) is 4.34. The Morgan fingerprint density at radius 1 is 1.40 bits per heavy atom. The van der Waals surface area contributed by atoms with Crippen molar-refractivity contribution in [3.05, 3.63) is 33.8 Å². The Balaban J connectivity index is 1.85. The zero-order chi connectivity index (χ0) is 14.5. The summed E-state index contributed by atoms with van der Waals surface area (Å²) in [5.74, 6) is 0. The van der Waals surface area contributed by atoms with Gasteiger partial charge < -0.3 is 10.1 Å². The van der Waals surface area contributed by atoms with E-state index in [9.17, 15) is 0 Å². The van der Waals surface area contributed by atoms with Crippen molar-refractivity contribution in [1.29, 1.82) is 0 Å². The van der Waals surface area contributed by atoms with Crippen LogP contribution in [0.4, 0.5) is 0 Å². The third-order valence-corrected chi connectivity index (χ3v) is 4.50. The molecule has 1 fully saturated rings. The van der Waals surface area contributed by atoms with Gasteiger partial charge in [-0.1, -0.05) is 36.2 Å². The molecule has 2 rings (SSSR count). The molecule has 2 atom stereocenters. The second kappa shape index (κ2) is 7.62. The normalized spacial score (nSPS) is 21.9. The van der Waals surface area contributed by atoms with E-state index in [4.69, 9.17) is 27.9 Å². The maximum Gasteiger partial charge on any atom is 0.0826 e. The lowest BCUT2D eigenvalue weighted by molar-refractivity contribution is -0.0261. The molecule has 1 heterocycles. The van der Waals surface area contributed by atoms with Crippen LogP contribution in [0.5, 0.6) is 0 Å². The van der Waals surface area contributed by atoms with Gasteiger partial charge in [0.25, 0.3) is 0 Å². The highest BCUT2D eigenvalue weighted by atomic mass is 35.5. The summed E-state index contributed by atoms with van der Waals surface area (Å²) < 4.78 is 5.79. The SMILES string of the molecule is CCN1CCOC(CNC(C)c2ccc(Cl)c(Cl)c2)C1. The number of rotatable bonds is 5. The van der Waals surface area contributed by atoms with Gasteiger partial charge >= 0.3 is 0 Å². The van der Waals surface area contributed by atoms with E-state index in [1.807, 2.05) is 18.2 Å². The van der Waals surface area contributed by atoms with Gasteiger partial charge in [0.1, 0.15) is 0 Å². The fourth-order valence-electron chi connectivity index (χ4n) is 2.40. The quantitative estimate of drug-likeness (QED) is 0.901. The van der Waals surface area contributed by atoms with E-state index in [-0.39, 0.29) is 12.1 Å². The maximum absolute atomic E-state index is 6.05. The number of nitrogens with zero attached hydrogens (tertiary/aromatic N) is 1. The van der Waals surface area contributed by atoms with Crippen LogP contribution in [0, 0.1) is 0 Å². The van der Waals surface area contributed by atoms with Crippen LogP contribution in [-0.4, -0.2) is 43.8 Å². The summed E-state index contributed by atoms with van der Waals surface area (Å²) >= 11 is 12.0. The molecule has 0 saturated carbocycles. The highest BCUT2D eigenvalue weighted by molar-refractivity contribution is 6.42. The Labute approximate surface area is 131 Å². The van der Waals surface area contributed by atoms with Crippen LogP contribution in [0.15, 0.2) is 18.2 Å². The summed E-state index contributed by atoms with van der Waals surface area (Å²) in [4.78, 5) is 2.42. The predicted molar refractivity (Wildman–Crippen MR) is 84.7 cm³/mol. The van der Waals surface area contributed by atoms with Crippen LogP contribution < -0.4 is 5.32 Å². The molecule has 20 heavy (non-hydrogen) atoms. The van der Waals surface area contributed by atoms with Gasteiger partial charge in [0, 0.05) is 25.7 Å². The number of ether oxygens (including phenoxy) is 1. The van der Waals surface area contributed by atoms with Gasteiger partial charge in [0.15, 0.2) is 0 Å². The minimum absolute atomic E-state index is 0.227. The van der Waals surface area contributed by atoms with E-state index in [1.165, 1.54) is 0 Å². The third-order valence-electron chi connectivity index (χ3n) is 3.77. The van der Waals surface area contributed by atoms with E-state index in [0.29, 0.717) is 10.0 Å². The van der Waals surface area contributed by atoms with E-state index < -0.39 is 0 Å². The summed E-state index contributed by atoms with van der Waals surface area (Å²) in [6.07, 6.45) is 0.258. The van der Waals surface area contributed by atoms with Crippen molar-refractivity contribution < 1.29 is 4.74 Å². The number of morpholine rings is 1. The zero-order valence-corrected chi connectivity index (χ0v) is 13.5. The van der Waals surface area contributed by atoms with E-state index in [1.54, 1.807) is 0 Å². The lowest BCUT2D eigenvalue weighted by atomic mass is 10.1. The highest BCUT2D eigenvalue weighted by Gasteiger charge is 2.19. The fourth-order valence-corrected chi connectivity index (χ4v) is 2.71. The van der Waals surface area contributed by atoms with Gasteiger partial charge in [-0.05, 0) is 31.2 Å². The Morgan fingerprint density at radius 3 is 2.90 bits per heavy atom. The molecule has 1 N–H and O–H groups in total. The molecule has 0 bridgehead atoms. The van der Waals surface area contributed by atoms with E-state index in [0.717, 1.165) is 38.3 Å². The molecular weight excluding hydrogens is 295 g/mol. The molecule has 1 saturated heterocycles. The van der Waals surface area contributed by atoms with E-state index in [2.05, 4.69) is 24.1 Å². The largest absolute Gasteiger partial charge is 0.374 e. The van der Waals surface area contributed by atoms with Crippen LogP contribution in [-0.2, 0) is 4.74 Å². The zero-order valence-electron chi connectivity index (χ0n) is 12.0. The van der Waals surface area contributed by atoms with Crippen molar-refractivity contribution in [1.82, 2.24) is 10.2 Å². The van der Waals surface area contributed by atoms with Crippen molar-refractivity contribution >= 4 is 23.2 Å². The Kier molecular flexibility index (Phi) is 6.12. The molecule has 1 aromatic carbocycles. The van der Waals surface area contributed by atoms with Crippen LogP contribution >= 0.6 is 23.2 Å². The smallest absolute Gasteiger partial charge is 0.0826 e. The van der Waals surface area contributed by atoms with Crippen LogP contribution in [0.25, 0.3) is 0 Å². The molecule has 0 aromatic heterocycles. The van der Waals surface area contributed by atoms with Gasteiger partial charge in [0.05, 0.1) is 22.8 Å². The molecule has 2 unspecified atom stereocenters. The van der Waals surface area contributed by atoms with Crippen molar-refractivity contribution in [3.63, 3.8) is 0 Å². The number of benzene rings is 1. The number of likely N-dealkylation sites (N-methyl/N-ethyl adjacent to an activating group) is 1. The molecule has 0 spiro atoms. The summed E-state index contributed by atoms with van der Waals surface area (Å²) in [5.41, 5.74) is 1.14. The molecule has 5 heteroatoms. The second-order valence-corrected chi connectivity index (χ2v) is 6.00. The standard InChI is InChI=1S/C15H22Cl2N2O/c1-3-19-6-7-20-13(10-19)9-18-11(2)12-4-5-14(16)15(17)8-12/h4-5,8,11,13,18H,3,6-7,9-10H2,1-2H3. The Bertz CT molecular complexity index is 442. The molecule has 0 amide bonds. The number of hydrogen-bond donors (Lipinski definition) is 1.